The van der Waals surface area contributed by atoms with Gasteiger partial charge in [-0.25, -0.2) is 4.79 Å². The Morgan fingerprint density at radius 3 is 2.67 bits per heavy atom. The third-order valence-electron chi connectivity index (χ3n) is 1.27. The van der Waals surface area contributed by atoms with Crippen LogP contribution in [0.2, 0.25) is 0 Å². The van der Waals surface area contributed by atoms with Crippen LogP contribution >= 0.6 is 22.6 Å². The SMILES string of the molecule is O=C(O)c1cccc(I)c1OF. The highest BCUT2D eigenvalue weighted by molar-refractivity contribution is 14.1. The average Bonchev–Trinajstić information content (AvgIpc) is 2.03. The van der Waals surface area contributed by atoms with Crippen LogP contribution in [0.25, 0.3) is 0 Å². The highest BCUT2D eigenvalue weighted by atomic mass is 127. The maximum atomic E-state index is 11.8. The molecule has 1 aromatic carbocycles. The summed E-state index contributed by atoms with van der Waals surface area (Å²) in [6.07, 6.45) is 0. The van der Waals surface area contributed by atoms with Gasteiger partial charge in [0.15, 0.2) is 5.75 Å². The molecular formula is C7H4FIO3. The summed E-state index contributed by atoms with van der Waals surface area (Å²) >= 11 is 1.79. The molecule has 0 atom stereocenters. The van der Waals surface area contributed by atoms with Crippen molar-refractivity contribution >= 4 is 28.6 Å². The predicted octanol–water partition coefficient (Wildman–Crippen LogP) is 2.25. The van der Waals surface area contributed by atoms with E-state index in [0.717, 1.165) is 0 Å². The van der Waals surface area contributed by atoms with Gasteiger partial charge in [-0.15, -0.1) is 0 Å². The minimum Gasteiger partial charge on any atom is -0.478 e. The lowest BCUT2D eigenvalue weighted by molar-refractivity contribution is -0.00888. The molecule has 1 aromatic rings. The van der Waals surface area contributed by atoms with Crippen molar-refractivity contribution in [3.8, 4) is 5.75 Å². The molecule has 0 saturated carbocycles. The van der Waals surface area contributed by atoms with E-state index in [4.69, 9.17) is 5.11 Å². The smallest absolute Gasteiger partial charge is 0.339 e. The van der Waals surface area contributed by atoms with E-state index in [1.165, 1.54) is 12.1 Å². The summed E-state index contributed by atoms with van der Waals surface area (Å²) in [6, 6.07) is 4.36. The van der Waals surface area contributed by atoms with Crippen molar-refractivity contribution in [1.82, 2.24) is 0 Å². The van der Waals surface area contributed by atoms with Crippen molar-refractivity contribution in [2.45, 2.75) is 0 Å². The van der Waals surface area contributed by atoms with Crippen molar-refractivity contribution in [3.05, 3.63) is 27.3 Å². The number of rotatable bonds is 2. The Kier molecular flexibility index (Phi) is 2.85. The molecule has 0 aliphatic rings. The van der Waals surface area contributed by atoms with Crippen LogP contribution in [0.15, 0.2) is 18.2 Å². The zero-order valence-corrected chi connectivity index (χ0v) is 7.91. The quantitative estimate of drug-likeness (QED) is 0.846. The number of hydrogen-bond acceptors (Lipinski definition) is 2. The molecule has 0 unspecified atom stereocenters. The Balaban J connectivity index is 3.27. The van der Waals surface area contributed by atoms with E-state index in [1.54, 1.807) is 28.7 Å². The lowest BCUT2D eigenvalue weighted by Crippen LogP contribution is -1.99. The third-order valence-corrected chi connectivity index (χ3v) is 2.12. The summed E-state index contributed by atoms with van der Waals surface area (Å²) in [6.45, 7) is 0. The number of carbonyl (C=O) groups is 1. The maximum absolute atomic E-state index is 11.8. The van der Waals surface area contributed by atoms with Crippen molar-refractivity contribution < 1.29 is 19.4 Å². The molecule has 1 N–H and O–H groups in total. The van der Waals surface area contributed by atoms with Gasteiger partial charge in [-0.3, -0.25) is 4.94 Å². The van der Waals surface area contributed by atoms with Crippen molar-refractivity contribution in [1.29, 1.82) is 0 Å². The first kappa shape index (κ1) is 9.24. The Bertz CT molecular complexity index is 314. The first-order chi connectivity index (χ1) is 5.66. The van der Waals surface area contributed by atoms with Gasteiger partial charge in [0.2, 0.25) is 0 Å². The zero-order valence-electron chi connectivity index (χ0n) is 5.75. The van der Waals surface area contributed by atoms with Gasteiger partial charge in [0.05, 0.1) is 3.57 Å². The van der Waals surface area contributed by atoms with Gasteiger partial charge in [-0.2, -0.15) is 0 Å². The van der Waals surface area contributed by atoms with Gasteiger partial charge in [-0.05, 0) is 34.7 Å². The molecule has 0 bridgehead atoms. The van der Waals surface area contributed by atoms with E-state index in [1.807, 2.05) is 0 Å². The first-order valence-corrected chi connectivity index (χ1v) is 4.05. The molecule has 0 amide bonds. The highest BCUT2D eigenvalue weighted by Gasteiger charge is 2.14. The summed E-state index contributed by atoms with van der Waals surface area (Å²) in [5.74, 6) is -1.45. The lowest BCUT2D eigenvalue weighted by Gasteiger charge is -2.01. The number of para-hydroxylation sites is 1. The fourth-order valence-corrected chi connectivity index (χ4v) is 1.34. The fraction of sp³-hybridized carbons (Fsp3) is 0. The van der Waals surface area contributed by atoms with Crippen LogP contribution in [0.3, 0.4) is 0 Å². The number of halogens is 2. The van der Waals surface area contributed by atoms with E-state index in [9.17, 15) is 9.32 Å². The highest BCUT2D eigenvalue weighted by Crippen LogP contribution is 2.25. The Labute approximate surface area is 81.2 Å². The molecule has 0 radical (unpaired) electrons. The standard InChI is InChI=1S/C7H4FIO3/c8-12-6-4(7(10)11)2-1-3-5(6)9/h1-3H,(H,10,11). The molecule has 1 rings (SSSR count). The Hall–Kier alpha value is -0.850. The Morgan fingerprint density at radius 1 is 1.58 bits per heavy atom. The number of carboxylic acids is 1. The predicted molar refractivity (Wildman–Crippen MR) is 47.9 cm³/mol. The normalized spacial score (nSPS) is 9.50. The fourth-order valence-electron chi connectivity index (χ4n) is 0.756. The van der Waals surface area contributed by atoms with Crippen molar-refractivity contribution in [2.24, 2.45) is 0 Å². The van der Waals surface area contributed by atoms with E-state index in [2.05, 4.69) is 4.94 Å². The zero-order chi connectivity index (χ0) is 9.14. The molecule has 0 saturated heterocycles. The van der Waals surface area contributed by atoms with E-state index < -0.39 is 5.97 Å². The van der Waals surface area contributed by atoms with Crippen LogP contribution in [0.1, 0.15) is 10.4 Å². The second-order valence-corrected chi connectivity index (χ2v) is 3.16. The second-order valence-electron chi connectivity index (χ2n) is 2.00. The van der Waals surface area contributed by atoms with Gasteiger partial charge in [-0.1, -0.05) is 6.07 Å². The molecule has 0 aliphatic heterocycles. The van der Waals surface area contributed by atoms with Crippen molar-refractivity contribution in [2.75, 3.05) is 0 Å². The lowest BCUT2D eigenvalue weighted by atomic mass is 10.2. The van der Waals surface area contributed by atoms with Crippen LogP contribution < -0.4 is 4.94 Å². The van der Waals surface area contributed by atoms with E-state index >= 15 is 0 Å². The maximum Gasteiger partial charge on any atom is 0.339 e. The van der Waals surface area contributed by atoms with Crippen LogP contribution in [0.4, 0.5) is 4.53 Å². The first-order valence-electron chi connectivity index (χ1n) is 2.97. The third kappa shape index (κ3) is 1.66. The second kappa shape index (κ2) is 3.70. The topological polar surface area (TPSA) is 46.5 Å². The molecule has 0 fully saturated rings. The summed E-state index contributed by atoms with van der Waals surface area (Å²) in [7, 11) is 0. The molecule has 12 heavy (non-hydrogen) atoms. The number of aromatic carboxylic acids is 1. The van der Waals surface area contributed by atoms with Crippen LogP contribution in [0, 0.1) is 3.57 Å². The van der Waals surface area contributed by atoms with Gasteiger partial charge in [0.1, 0.15) is 5.56 Å². The van der Waals surface area contributed by atoms with Crippen LogP contribution in [-0.4, -0.2) is 11.1 Å². The monoisotopic (exact) mass is 282 g/mol. The van der Waals surface area contributed by atoms with Crippen LogP contribution in [-0.2, 0) is 0 Å². The Morgan fingerprint density at radius 2 is 2.25 bits per heavy atom. The molecule has 0 aromatic heterocycles. The summed E-state index contributed by atoms with van der Waals surface area (Å²) in [5.41, 5.74) is -0.176. The molecule has 5 heteroatoms. The summed E-state index contributed by atoms with van der Waals surface area (Å²) in [4.78, 5) is 13.9. The van der Waals surface area contributed by atoms with Gasteiger partial charge in [0, 0.05) is 4.53 Å². The number of benzene rings is 1. The minimum absolute atomic E-state index is 0.176. The summed E-state index contributed by atoms with van der Waals surface area (Å²) < 4.78 is 12.3. The van der Waals surface area contributed by atoms with E-state index in [-0.39, 0.29) is 11.3 Å². The number of carboxylic acid groups (broad SMARTS) is 1. The molecule has 3 nitrogen and oxygen atoms in total. The van der Waals surface area contributed by atoms with Gasteiger partial charge >= 0.3 is 5.97 Å². The molecular weight excluding hydrogens is 278 g/mol. The number of hydrogen-bond donors (Lipinski definition) is 1. The largest absolute Gasteiger partial charge is 0.478 e. The van der Waals surface area contributed by atoms with Gasteiger partial charge < -0.3 is 5.11 Å². The molecule has 0 aliphatic carbocycles. The van der Waals surface area contributed by atoms with Crippen molar-refractivity contribution in [3.63, 3.8) is 0 Å². The average molecular weight is 282 g/mol. The molecule has 64 valence electrons. The van der Waals surface area contributed by atoms with E-state index in [0.29, 0.717) is 3.57 Å². The molecule has 0 spiro atoms. The van der Waals surface area contributed by atoms with Crippen LogP contribution in [0.5, 0.6) is 5.75 Å². The van der Waals surface area contributed by atoms with Gasteiger partial charge in [0.25, 0.3) is 0 Å². The summed E-state index contributed by atoms with van der Waals surface area (Å²) in [5, 5.41) is 8.57. The minimum atomic E-state index is -1.21. The molecule has 0 heterocycles.